The number of carbonyl (C=O) groups is 2. The molecule has 0 radical (unpaired) electrons. The summed E-state index contributed by atoms with van der Waals surface area (Å²) in [5.41, 5.74) is 1.08. The van der Waals surface area contributed by atoms with Gasteiger partial charge in [-0.05, 0) is 79.9 Å². The van der Waals surface area contributed by atoms with Gasteiger partial charge in [-0.3, -0.25) is 4.79 Å². The fraction of sp³-hybridized carbons (Fsp3) is 0.708. The quantitative estimate of drug-likeness (QED) is 0.405. The largest absolute Gasteiger partial charge is 0.478 e. The molecule has 0 aromatic carbocycles. The Morgan fingerprint density at radius 2 is 1.63 bits per heavy atom. The van der Waals surface area contributed by atoms with E-state index in [4.69, 9.17) is 5.41 Å². The van der Waals surface area contributed by atoms with E-state index in [1.165, 1.54) is 6.08 Å². The summed E-state index contributed by atoms with van der Waals surface area (Å²) < 4.78 is 0. The number of thioether (sulfide) groups is 1. The maximum atomic E-state index is 13.7. The number of hydrogen-bond acceptors (Lipinski definition) is 4. The van der Waals surface area contributed by atoms with Gasteiger partial charge in [0, 0.05) is 23.7 Å². The fourth-order valence-corrected chi connectivity index (χ4v) is 5.31. The van der Waals surface area contributed by atoms with Crippen LogP contribution >= 0.6 is 11.8 Å². The highest BCUT2D eigenvalue weighted by Gasteiger charge is 2.35. The molecule has 2 aliphatic rings. The zero-order valence-electron chi connectivity index (χ0n) is 19.2. The van der Waals surface area contributed by atoms with Crippen LogP contribution in [0.2, 0.25) is 0 Å². The molecule has 2 rings (SSSR count). The van der Waals surface area contributed by atoms with Crippen molar-refractivity contribution in [1.82, 2.24) is 4.90 Å². The summed E-state index contributed by atoms with van der Waals surface area (Å²) >= 11 is 1.60. The molecule has 0 aliphatic heterocycles. The highest BCUT2D eigenvalue weighted by atomic mass is 32.2. The Balaban J connectivity index is 2.47. The molecule has 0 heterocycles. The number of rotatable bonds is 6. The van der Waals surface area contributed by atoms with Crippen LogP contribution < -0.4 is 0 Å². The van der Waals surface area contributed by atoms with Crippen LogP contribution in [0.15, 0.2) is 22.8 Å². The van der Waals surface area contributed by atoms with Crippen molar-refractivity contribution in [2.45, 2.75) is 85.1 Å². The maximum Gasteiger partial charge on any atom is 0.330 e. The third-order valence-electron chi connectivity index (χ3n) is 6.31. The summed E-state index contributed by atoms with van der Waals surface area (Å²) in [5.74, 6) is -0.358. The molecular weight excluding hydrogens is 396 g/mol. The van der Waals surface area contributed by atoms with E-state index in [-0.39, 0.29) is 23.3 Å². The smallest absolute Gasteiger partial charge is 0.330 e. The van der Waals surface area contributed by atoms with Crippen LogP contribution in [0, 0.1) is 22.7 Å². The van der Waals surface area contributed by atoms with Crippen LogP contribution in [0.4, 0.5) is 0 Å². The zero-order chi connectivity index (χ0) is 22.5. The summed E-state index contributed by atoms with van der Waals surface area (Å²) in [7, 11) is 0. The van der Waals surface area contributed by atoms with Gasteiger partial charge in [0.25, 0.3) is 0 Å². The fourth-order valence-electron chi connectivity index (χ4n) is 4.45. The number of carboxylic acid groups (broad SMARTS) is 1. The number of nitrogens with zero attached hydrogens (tertiary/aromatic N) is 1. The molecule has 0 unspecified atom stereocenters. The van der Waals surface area contributed by atoms with Crippen LogP contribution in [0.3, 0.4) is 0 Å². The van der Waals surface area contributed by atoms with E-state index in [0.717, 1.165) is 49.1 Å². The van der Waals surface area contributed by atoms with Crippen molar-refractivity contribution < 1.29 is 14.7 Å². The summed E-state index contributed by atoms with van der Waals surface area (Å²) in [6.45, 7) is 8.54. The van der Waals surface area contributed by atoms with Gasteiger partial charge >= 0.3 is 5.97 Å². The summed E-state index contributed by atoms with van der Waals surface area (Å²) in [6, 6.07) is -0.0455. The minimum atomic E-state index is -1.03. The molecule has 2 N–H and O–H groups in total. The van der Waals surface area contributed by atoms with E-state index in [9.17, 15) is 14.7 Å². The SMILES string of the molecule is CS/C(=C\C(=C\C(=O)O)N(C(=O)C1CCC(C)CC1)C1CCC(=N)CC1)C(C)(C)C. The number of carbonyl (C=O) groups excluding carboxylic acids is 1. The third-order valence-corrected chi connectivity index (χ3v) is 7.48. The normalized spacial score (nSPS) is 26.4. The van der Waals surface area contributed by atoms with Crippen molar-refractivity contribution in [2.24, 2.45) is 17.3 Å². The maximum absolute atomic E-state index is 13.7. The summed E-state index contributed by atoms with van der Waals surface area (Å²) in [6.07, 6.45) is 11.7. The second kappa shape index (κ2) is 10.7. The van der Waals surface area contributed by atoms with Crippen molar-refractivity contribution in [1.29, 1.82) is 5.41 Å². The monoisotopic (exact) mass is 434 g/mol. The second-order valence-electron chi connectivity index (χ2n) is 9.87. The van der Waals surface area contributed by atoms with E-state index in [2.05, 4.69) is 27.7 Å². The highest BCUT2D eigenvalue weighted by molar-refractivity contribution is 8.02. The van der Waals surface area contributed by atoms with E-state index in [0.29, 0.717) is 24.5 Å². The molecule has 0 saturated heterocycles. The molecule has 168 valence electrons. The first kappa shape index (κ1) is 24.7. The number of aliphatic carboxylic acids is 1. The first-order valence-electron chi connectivity index (χ1n) is 11.1. The van der Waals surface area contributed by atoms with Gasteiger partial charge in [0.2, 0.25) is 5.91 Å². The molecule has 6 heteroatoms. The van der Waals surface area contributed by atoms with E-state index in [1.54, 1.807) is 16.7 Å². The van der Waals surface area contributed by atoms with Gasteiger partial charge in [0.15, 0.2) is 0 Å². The molecule has 0 atom stereocenters. The molecule has 0 bridgehead atoms. The lowest BCUT2D eigenvalue weighted by Gasteiger charge is -2.39. The number of allylic oxidation sites excluding steroid dienone is 2. The summed E-state index contributed by atoms with van der Waals surface area (Å²) in [5, 5.41) is 17.6. The Labute approximate surface area is 185 Å². The van der Waals surface area contributed by atoms with Crippen LogP contribution in [-0.4, -0.2) is 39.9 Å². The first-order valence-corrected chi connectivity index (χ1v) is 12.4. The number of hydrogen-bond donors (Lipinski definition) is 2. The van der Waals surface area contributed by atoms with E-state index >= 15 is 0 Å². The van der Waals surface area contributed by atoms with Crippen molar-refractivity contribution in [3.63, 3.8) is 0 Å². The topological polar surface area (TPSA) is 81.5 Å². The zero-order valence-corrected chi connectivity index (χ0v) is 20.0. The van der Waals surface area contributed by atoms with E-state index < -0.39 is 5.97 Å². The van der Waals surface area contributed by atoms with Crippen LogP contribution in [0.5, 0.6) is 0 Å². The molecule has 2 aliphatic carbocycles. The van der Waals surface area contributed by atoms with Gasteiger partial charge < -0.3 is 15.4 Å². The highest BCUT2D eigenvalue weighted by Crippen LogP contribution is 2.37. The van der Waals surface area contributed by atoms with Crippen molar-refractivity contribution >= 4 is 29.4 Å². The number of amides is 1. The van der Waals surface area contributed by atoms with Gasteiger partial charge in [0.05, 0.1) is 5.70 Å². The lowest BCUT2D eigenvalue weighted by atomic mass is 9.81. The Hall–Kier alpha value is -1.56. The second-order valence-corrected chi connectivity index (χ2v) is 10.7. The molecule has 30 heavy (non-hydrogen) atoms. The van der Waals surface area contributed by atoms with Crippen molar-refractivity contribution in [3.05, 3.63) is 22.8 Å². The van der Waals surface area contributed by atoms with Crippen LogP contribution in [0.25, 0.3) is 0 Å². The minimum Gasteiger partial charge on any atom is -0.478 e. The molecule has 0 spiro atoms. The van der Waals surface area contributed by atoms with Crippen molar-refractivity contribution in [2.75, 3.05) is 6.26 Å². The predicted molar refractivity (Wildman–Crippen MR) is 125 cm³/mol. The van der Waals surface area contributed by atoms with Gasteiger partial charge in [-0.2, -0.15) is 0 Å². The Bertz CT molecular complexity index is 702. The lowest BCUT2D eigenvalue weighted by Crippen LogP contribution is -2.45. The predicted octanol–water partition coefficient (Wildman–Crippen LogP) is 5.87. The molecule has 2 saturated carbocycles. The van der Waals surface area contributed by atoms with E-state index in [1.807, 2.05) is 12.3 Å². The summed E-state index contributed by atoms with van der Waals surface area (Å²) in [4.78, 5) is 28.3. The Morgan fingerprint density at radius 1 is 1.07 bits per heavy atom. The molecule has 2 fully saturated rings. The average Bonchev–Trinajstić information content (AvgIpc) is 2.66. The van der Waals surface area contributed by atoms with Crippen molar-refractivity contribution in [3.8, 4) is 0 Å². The minimum absolute atomic E-state index is 0.0412. The molecule has 5 nitrogen and oxygen atoms in total. The van der Waals surface area contributed by atoms with Gasteiger partial charge in [-0.1, -0.05) is 27.7 Å². The Kier molecular flexibility index (Phi) is 8.77. The van der Waals surface area contributed by atoms with Crippen LogP contribution in [0.1, 0.15) is 79.1 Å². The number of nitrogens with one attached hydrogen (secondary N) is 1. The van der Waals surface area contributed by atoms with Gasteiger partial charge in [-0.25, -0.2) is 4.79 Å². The van der Waals surface area contributed by atoms with Gasteiger partial charge in [-0.15, -0.1) is 11.8 Å². The van der Waals surface area contributed by atoms with Gasteiger partial charge in [0.1, 0.15) is 0 Å². The molecule has 0 aromatic rings. The molecule has 1 amide bonds. The van der Waals surface area contributed by atoms with Crippen LogP contribution in [-0.2, 0) is 9.59 Å². The average molecular weight is 435 g/mol. The standard InChI is InChI=1S/C24H38N2O3S/c1-16-6-8-17(9-7-16)23(29)26(19-12-10-18(25)11-13-19)20(15-22(27)28)14-21(30-5)24(2,3)4/h14-17,19,25H,6-13H2,1-5H3,(H,27,28)/b20-15-,21-14-,25-18?. The molecule has 0 aromatic heterocycles. The molecular formula is C24H38N2O3S. The first-order chi connectivity index (χ1) is 14.0. The third kappa shape index (κ3) is 6.73. The lowest BCUT2D eigenvalue weighted by molar-refractivity contribution is -0.137. The number of carboxylic acids is 1. The Morgan fingerprint density at radius 3 is 2.10 bits per heavy atom.